The van der Waals surface area contributed by atoms with E-state index in [4.69, 9.17) is 11.4 Å². The Morgan fingerprint density at radius 1 is 0.769 bits per heavy atom. The second-order valence-corrected chi connectivity index (χ2v) is 10.8. The zero-order valence-corrected chi connectivity index (χ0v) is 23.4. The van der Waals surface area contributed by atoms with E-state index < -0.39 is 0 Å². The van der Waals surface area contributed by atoms with Crippen molar-refractivity contribution in [3.05, 3.63) is 112 Å². The van der Waals surface area contributed by atoms with Crippen LogP contribution in [0.1, 0.15) is 67.0 Å². The van der Waals surface area contributed by atoms with Crippen LogP contribution in [-0.2, 0) is 6.42 Å². The summed E-state index contributed by atoms with van der Waals surface area (Å²) >= 11 is 1.74. The summed E-state index contributed by atoms with van der Waals surface area (Å²) in [5.41, 5.74) is 8.37. The number of terminal acetylenes is 1. The third-order valence-corrected chi connectivity index (χ3v) is 7.95. The second-order valence-electron chi connectivity index (χ2n) is 9.93. The molecule has 2 aromatic heterocycles. The highest BCUT2D eigenvalue weighted by Gasteiger charge is 2.12. The molecule has 39 heavy (non-hydrogen) atoms. The van der Waals surface area contributed by atoms with E-state index in [1.54, 1.807) is 11.3 Å². The van der Waals surface area contributed by atoms with Gasteiger partial charge in [-0.05, 0) is 71.3 Å². The maximum atomic E-state index is 5.71. The molecule has 0 aliphatic carbocycles. The Balaban J connectivity index is 1.44. The van der Waals surface area contributed by atoms with Crippen LogP contribution in [0.25, 0.3) is 33.3 Å². The summed E-state index contributed by atoms with van der Waals surface area (Å²) in [5, 5.41) is 3.32. The summed E-state index contributed by atoms with van der Waals surface area (Å²) in [7, 11) is 0. The predicted molar refractivity (Wildman–Crippen MR) is 168 cm³/mol. The summed E-state index contributed by atoms with van der Waals surface area (Å²) in [6.07, 6.45) is 14.8. The van der Waals surface area contributed by atoms with Crippen molar-refractivity contribution in [2.45, 2.75) is 51.9 Å². The molecule has 5 aromatic rings. The van der Waals surface area contributed by atoms with Gasteiger partial charge in [0.1, 0.15) is 0 Å². The lowest BCUT2D eigenvalue weighted by molar-refractivity contribution is 0.608. The lowest BCUT2D eigenvalue weighted by atomic mass is 9.96. The number of thiophene rings is 1. The van der Waals surface area contributed by atoms with Gasteiger partial charge in [-0.2, -0.15) is 0 Å². The number of aryl methyl sites for hydroxylation is 1. The molecule has 0 aliphatic heterocycles. The molecular weight excluding hydrogens is 490 g/mol. The summed E-state index contributed by atoms with van der Waals surface area (Å²) in [6.45, 7) is 2.27. The smallest absolute Gasteiger partial charge is 0.0775 e. The molecule has 192 valence electrons. The van der Waals surface area contributed by atoms with Gasteiger partial charge in [0.15, 0.2) is 0 Å². The highest BCUT2D eigenvalue weighted by atomic mass is 32.1. The molecule has 0 radical (unpaired) electrons. The average molecular weight is 524 g/mol. The number of unbranched alkanes of at least 4 members (excludes halogenated alkanes) is 5. The Hall–Kier alpha value is -4.11. The molecule has 2 heteroatoms. The molecule has 0 fully saturated rings. The molecule has 0 saturated carbocycles. The molecule has 1 nitrogen and oxygen atoms in total. The fraction of sp³-hybridized carbons (Fsp3) is 0.216. The van der Waals surface area contributed by atoms with Gasteiger partial charge in [0.05, 0.1) is 16.1 Å². The number of aromatic nitrogens is 1. The van der Waals surface area contributed by atoms with E-state index in [0.29, 0.717) is 0 Å². The fourth-order valence-corrected chi connectivity index (χ4v) is 5.73. The Kier molecular flexibility index (Phi) is 8.90. The largest absolute Gasteiger partial charge is 0.248 e. The van der Waals surface area contributed by atoms with Crippen LogP contribution in [0, 0.1) is 24.2 Å². The van der Waals surface area contributed by atoms with Crippen molar-refractivity contribution in [3.63, 3.8) is 0 Å². The van der Waals surface area contributed by atoms with Crippen LogP contribution in [0.2, 0.25) is 0 Å². The minimum absolute atomic E-state index is 0.854. The number of nitrogens with zero attached hydrogens (tertiary/aromatic N) is 1. The predicted octanol–water partition coefficient (Wildman–Crippen LogP) is 9.91. The van der Waals surface area contributed by atoms with Crippen LogP contribution < -0.4 is 0 Å². The molecule has 5 rings (SSSR count). The van der Waals surface area contributed by atoms with Crippen molar-refractivity contribution < 1.29 is 0 Å². The van der Waals surface area contributed by atoms with E-state index >= 15 is 0 Å². The number of benzene rings is 3. The topological polar surface area (TPSA) is 12.9 Å². The van der Waals surface area contributed by atoms with E-state index in [1.165, 1.54) is 44.1 Å². The molecule has 0 aliphatic rings. The van der Waals surface area contributed by atoms with E-state index in [0.717, 1.165) is 55.7 Å². The molecule has 3 aromatic carbocycles. The van der Waals surface area contributed by atoms with Crippen LogP contribution in [0.4, 0.5) is 0 Å². The Labute approximate surface area is 237 Å². The normalized spacial score (nSPS) is 10.7. The van der Waals surface area contributed by atoms with Crippen LogP contribution in [-0.4, -0.2) is 4.98 Å². The lowest BCUT2D eigenvalue weighted by Gasteiger charge is -2.12. The molecule has 0 atom stereocenters. The average Bonchev–Trinajstić information content (AvgIpc) is 3.45. The SMILES string of the molecule is C#Cc1ccc2nc(-c3ccccc3C#Cc3cc(CCCCCCCC)cs3)cc(-c3ccccc3)c2c1. The standard InChI is InChI=1S/C37H33NS/c1-3-5-6-7-8-10-15-29-24-32(39-27-29)22-21-31-18-13-14-19-33(31)37-26-34(30-16-11-9-12-17-30)35-25-28(4-2)20-23-36(35)38-37/h2,9,11-14,16-20,23-27H,3,5-8,10,15H2,1H3. The first kappa shape index (κ1) is 26.5. The number of fused-ring (bicyclic) bond motifs is 1. The number of hydrogen-bond donors (Lipinski definition) is 0. The van der Waals surface area contributed by atoms with Crippen LogP contribution in [0.15, 0.2) is 90.3 Å². The van der Waals surface area contributed by atoms with Gasteiger partial charge in [-0.25, -0.2) is 4.98 Å². The minimum Gasteiger partial charge on any atom is -0.248 e. The lowest BCUT2D eigenvalue weighted by Crippen LogP contribution is -1.93. The van der Waals surface area contributed by atoms with Gasteiger partial charge in [0.25, 0.3) is 0 Å². The summed E-state index contributed by atoms with van der Waals surface area (Å²) in [6, 6.07) is 29.2. The fourth-order valence-electron chi connectivity index (χ4n) is 4.94. The maximum Gasteiger partial charge on any atom is 0.0775 e. The first-order valence-electron chi connectivity index (χ1n) is 13.9. The monoisotopic (exact) mass is 523 g/mol. The van der Waals surface area contributed by atoms with Crippen molar-refractivity contribution in [2.24, 2.45) is 0 Å². The number of hydrogen-bond acceptors (Lipinski definition) is 2. The van der Waals surface area contributed by atoms with Crippen molar-refractivity contribution in [2.75, 3.05) is 0 Å². The van der Waals surface area contributed by atoms with Crippen LogP contribution in [0.3, 0.4) is 0 Å². The van der Waals surface area contributed by atoms with E-state index in [2.05, 4.69) is 90.7 Å². The summed E-state index contributed by atoms with van der Waals surface area (Å²) in [5.74, 6) is 9.64. The third kappa shape index (κ3) is 6.67. The highest BCUT2D eigenvalue weighted by Crippen LogP contribution is 2.33. The third-order valence-electron chi connectivity index (χ3n) is 7.06. The highest BCUT2D eigenvalue weighted by molar-refractivity contribution is 7.10. The summed E-state index contributed by atoms with van der Waals surface area (Å²) < 4.78 is 0. The van der Waals surface area contributed by atoms with Crippen molar-refractivity contribution >= 4 is 22.2 Å². The first-order valence-corrected chi connectivity index (χ1v) is 14.8. The van der Waals surface area contributed by atoms with E-state index in [-0.39, 0.29) is 0 Å². The molecule has 0 spiro atoms. The quantitative estimate of drug-likeness (QED) is 0.138. The van der Waals surface area contributed by atoms with Gasteiger partial charge < -0.3 is 0 Å². The first-order chi connectivity index (χ1) is 19.2. The van der Waals surface area contributed by atoms with Gasteiger partial charge in [0, 0.05) is 22.1 Å². The van der Waals surface area contributed by atoms with Gasteiger partial charge in [-0.1, -0.05) is 105 Å². The molecule has 0 saturated heterocycles. The Morgan fingerprint density at radius 2 is 1.56 bits per heavy atom. The zero-order chi connectivity index (χ0) is 26.9. The number of rotatable bonds is 9. The maximum absolute atomic E-state index is 5.71. The van der Waals surface area contributed by atoms with Crippen LogP contribution >= 0.6 is 11.3 Å². The summed E-state index contributed by atoms with van der Waals surface area (Å²) in [4.78, 5) is 6.17. The Bertz CT molecular complexity index is 1660. The van der Waals surface area contributed by atoms with Gasteiger partial charge in [0.2, 0.25) is 0 Å². The molecule has 0 N–H and O–H groups in total. The van der Waals surface area contributed by atoms with Crippen molar-refractivity contribution in [1.29, 1.82) is 0 Å². The second kappa shape index (κ2) is 13.1. The molecule has 0 amide bonds. The van der Waals surface area contributed by atoms with E-state index in [9.17, 15) is 0 Å². The van der Waals surface area contributed by atoms with Gasteiger partial charge in [-0.15, -0.1) is 17.8 Å². The van der Waals surface area contributed by atoms with Gasteiger partial charge >= 0.3 is 0 Å². The molecular formula is C37H33NS. The van der Waals surface area contributed by atoms with Crippen molar-refractivity contribution in [3.8, 4) is 46.6 Å². The Morgan fingerprint density at radius 3 is 2.41 bits per heavy atom. The van der Waals surface area contributed by atoms with Crippen LogP contribution in [0.5, 0.6) is 0 Å². The van der Waals surface area contributed by atoms with Crippen molar-refractivity contribution in [1.82, 2.24) is 4.98 Å². The van der Waals surface area contributed by atoms with E-state index in [1.807, 2.05) is 24.3 Å². The molecule has 2 heterocycles. The molecule has 0 bridgehead atoms. The molecule has 0 unspecified atom stereocenters. The number of pyridine rings is 1. The minimum atomic E-state index is 0.854. The van der Waals surface area contributed by atoms with Gasteiger partial charge in [-0.3, -0.25) is 0 Å². The zero-order valence-electron chi connectivity index (χ0n) is 22.5.